The van der Waals surface area contributed by atoms with Gasteiger partial charge in [-0.25, -0.2) is 4.79 Å². The third kappa shape index (κ3) is 2.48. The first-order chi connectivity index (χ1) is 11.8. The van der Waals surface area contributed by atoms with E-state index in [1.54, 1.807) is 0 Å². The monoisotopic (exact) mass is 340 g/mol. The molecule has 1 aliphatic heterocycles. The number of nitrogens with one attached hydrogen (secondary N) is 1. The molecule has 5 heteroatoms. The summed E-state index contributed by atoms with van der Waals surface area (Å²) in [6.45, 7) is 5.69. The normalized spacial score (nSPS) is 22.3. The number of ketones is 1. The number of carbonyl (C=O) groups excluding carboxylic acids is 3. The van der Waals surface area contributed by atoms with Gasteiger partial charge in [0, 0.05) is 5.56 Å². The summed E-state index contributed by atoms with van der Waals surface area (Å²) < 4.78 is 0. The van der Waals surface area contributed by atoms with E-state index in [0.717, 1.165) is 47.3 Å². The minimum atomic E-state index is -0.727. The van der Waals surface area contributed by atoms with Crippen LogP contribution in [0.3, 0.4) is 0 Å². The zero-order valence-corrected chi connectivity index (χ0v) is 15.0. The molecule has 132 valence electrons. The molecule has 1 heterocycles. The third-order valence-corrected chi connectivity index (χ3v) is 6.04. The van der Waals surface area contributed by atoms with Crippen molar-refractivity contribution in [2.45, 2.75) is 52.0 Å². The van der Waals surface area contributed by atoms with Gasteiger partial charge in [0.2, 0.25) is 0 Å². The van der Waals surface area contributed by atoms with Crippen LogP contribution in [0.5, 0.6) is 0 Å². The van der Waals surface area contributed by atoms with Crippen molar-refractivity contribution in [3.63, 3.8) is 0 Å². The number of hydrogen-bond donors (Lipinski definition) is 1. The Morgan fingerprint density at radius 3 is 2.16 bits per heavy atom. The molecule has 25 heavy (non-hydrogen) atoms. The van der Waals surface area contributed by atoms with Gasteiger partial charge in [0.1, 0.15) is 5.54 Å². The fourth-order valence-electron chi connectivity index (χ4n) is 4.21. The molecular formula is C20H24N2O3. The Labute approximate surface area is 147 Å². The Morgan fingerprint density at radius 1 is 1.04 bits per heavy atom. The van der Waals surface area contributed by atoms with Crippen molar-refractivity contribution < 1.29 is 14.4 Å². The molecule has 1 aromatic carbocycles. The highest BCUT2D eigenvalue weighted by molar-refractivity contribution is 6.12. The highest BCUT2D eigenvalue weighted by Gasteiger charge is 2.65. The highest BCUT2D eigenvalue weighted by Crippen LogP contribution is 2.54. The second-order valence-corrected chi connectivity index (χ2v) is 7.91. The van der Waals surface area contributed by atoms with Crippen LogP contribution in [0.4, 0.5) is 4.79 Å². The van der Waals surface area contributed by atoms with Crippen LogP contribution < -0.4 is 5.32 Å². The lowest BCUT2D eigenvalue weighted by Crippen LogP contribution is -2.51. The summed E-state index contributed by atoms with van der Waals surface area (Å²) in [5, 5.41) is 2.97. The summed E-state index contributed by atoms with van der Waals surface area (Å²) in [5.74, 6) is 0.142. The van der Waals surface area contributed by atoms with Crippen LogP contribution in [-0.4, -0.2) is 34.7 Å². The predicted octanol–water partition coefficient (Wildman–Crippen LogP) is 2.91. The smallest absolute Gasteiger partial charge is 0.323 e. The lowest BCUT2D eigenvalue weighted by molar-refractivity contribution is -0.132. The maximum atomic E-state index is 13.1. The Kier molecular flexibility index (Phi) is 3.53. The molecule has 4 rings (SSSR count). The number of benzene rings is 1. The minimum absolute atomic E-state index is 0.171. The largest absolute Gasteiger partial charge is 0.325 e. The van der Waals surface area contributed by atoms with Gasteiger partial charge in [-0.05, 0) is 81.0 Å². The number of amides is 3. The molecule has 3 aliphatic rings. The first-order valence-corrected chi connectivity index (χ1v) is 9.09. The van der Waals surface area contributed by atoms with E-state index < -0.39 is 11.6 Å². The van der Waals surface area contributed by atoms with Gasteiger partial charge >= 0.3 is 6.03 Å². The summed E-state index contributed by atoms with van der Waals surface area (Å²) >= 11 is 0. The first-order valence-electron chi connectivity index (χ1n) is 9.09. The zero-order valence-electron chi connectivity index (χ0n) is 15.0. The van der Waals surface area contributed by atoms with Gasteiger partial charge in [-0.3, -0.25) is 14.5 Å². The summed E-state index contributed by atoms with van der Waals surface area (Å²) in [6, 6.07) is 3.44. The van der Waals surface area contributed by atoms with Crippen LogP contribution in [0.15, 0.2) is 12.1 Å². The summed E-state index contributed by atoms with van der Waals surface area (Å²) in [7, 11) is 0. The number of hydrogen-bond acceptors (Lipinski definition) is 3. The fourth-order valence-corrected chi connectivity index (χ4v) is 4.21. The molecule has 1 N–H and O–H groups in total. The molecule has 1 saturated heterocycles. The van der Waals surface area contributed by atoms with Crippen LogP contribution in [0, 0.1) is 32.6 Å². The van der Waals surface area contributed by atoms with Crippen LogP contribution >= 0.6 is 0 Å². The van der Waals surface area contributed by atoms with Gasteiger partial charge in [-0.15, -0.1) is 0 Å². The van der Waals surface area contributed by atoms with E-state index in [9.17, 15) is 14.4 Å². The number of imide groups is 1. The topological polar surface area (TPSA) is 66.5 Å². The molecular weight excluding hydrogens is 316 g/mol. The van der Waals surface area contributed by atoms with Crippen LogP contribution in [0.1, 0.15) is 52.7 Å². The van der Waals surface area contributed by atoms with Gasteiger partial charge in [0.05, 0.1) is 6.54 Å². The van der Waals surface area contributed by atoms with Crippen molar-refractivity contribution in [1.82, 2.24) is 10.2 Å². The van der Waals surface area contributed by atoms with Crippen molar-refractivity contribution in [3.8, 4) is 0 Å². The van der Waals surface area contributed by atoms with E-state index in [1.165, 1.54) is 0 Å². The predicted molar refractivity (Wildman–Crippen MR) is 93.4 cm³/mol. The fraction of sp³-hybridized carbons (Fsp3) is 0.550. The lowest BCUT2D eigenvalue weighted by Gasteiger charge is -2.26. The Morgan fingerprint density at radius 2 is 1.60 bits per heavy atom. The number of rotatable bonds is 5. The van der Waals surface area contributed by atoms with Crippen molar-refractivity contribution in [2.75, 3.05) is 6.54 Å². The average molecular weight is 340 g/mol. The SMILES string of the molecule is Cc1cc(C)c(C(=O)CN2C(=O)NC(C3CC3)(C3CC3)C2=O)cc1C. The molecule has 2 saturated carbocycles. The van der Waals surface area contributed by atoms with Crippen LogP contribution in [0.2, 0.25) is 0 Å². The van der Waals surface area contributed by atoms with Crippen LogP contribution in [0.25, 0.3) is 0 Å². The van der Waals surface area contributed by atoms with Gasteiger partial charge in [0.25, 0.3) is 5.91 Å². The number of nitrogens with zero attached hydrogens (tertiary/aromatic N) is 1. The molecule has 1 aromatic rings. The van der Waals surface area contributed by atoms with E-state index in [2.05, 4.69) is 5.32 Å². The van der Waals surface area contributed by atoms with Crippen LogP contribution in [-0.2, 0) is 4.79 Å². The molecule has 0 bridgehead atoms. The molecule has 5 nitrogen and oxygen atoms in total. The molecule has 0 atom stereocenters. The molecule has 0 radical (unpaired) electrons. The van der Waals surface area contributed by atoms with E-state index in [-0.39, 0.29) is 30.1 Å². The number of carbonyl (C=O) groups is 3. The number of Topliss-reactive ketones (excluding diaryl/α,β-unsaturated/α-hetero) is 1. The maximum absolute atomic E-state index is 13.1. The second kappa shape index (κ2) is 5.41. The summed E-state index contributed by atoms with van der Waals surface area (Å²) in [5.41, 5.74) is 2.92. The molecule has 3 fully saturated rings. The van der Waals surface area contributed by atoms with Gasteiger partial charge in [-0.1, -0.05) is 6.07 Å². The molecule has 0 aromatic heterocycles. The van der Waals surface area contributed by atoms with Crippen molar-refractivity contribution in [2.24, 2.45) is 11.8 Å². The first kappa shape index (κ1) is 16.3. The Balaban J connectivity index is 1.58. The third-order valence-electron chi connectivity index (χ3n) is 6.04. The maximum Gasteiger partial charge on any atom is 0.325 e. The average Bonchev–Trinajstić information content (AvgIpc) is 3.45. The quantitative estimate of drug-likeness (QED) is 0.662. The number of aryl methyl sites for hydroxylation is 3. The molecule has 3 amide bonds. The summed E-state index contributed by atoms with van der Waals surface area (Å²) in [6.07, 6.45) is 3.95. The standard InChI is InChI=1S/C20H24N2O3/c1-11-8-13(3)16(9-12(11)2)17(23)10-22-18(24)20(14-4-5-14,15-6-7-15)21-19(22)25/h8-9,14-15H,4-7,10H2,1-3H3,(H,21,25). The van der Waals surface area contributed by atoms with Gasteiger partial charge in [0.15, 0.2) is 5.78 Å². The van der Waals surface area contributed by atoms with Crippen molar-refractivity contribution in [3.05, 3.63) is 34.4 Å². The van der Waals surface area contributed by atoms with Gasteiger partial charge < -0.3 is 5.32 Å². The van der Waals surface area contributed by atoms with Crippen molar-refractivity contribution >= 4 is 17.7 Å². The second-order valence-electron chi connectivity index (χ2n) is 7.91. The number of urea groups is 1. The molecule has 2 aliphatic carbocycles. The Hall–Kier alpha value is -2.17. The Bertz CT molecular complexity index is 778. The minimum Gasteiger partial charge on any atom is -0.323 e. The highest BCUT2D eigenvalue weighted by atomic mass is 16.2. The van der Waals surface area contributed by atoms with Gasteiger partial charge in [-0.2, -0.15) is 0 Å². The zero-order chi connectivity index (χ0) is 17.9. The van der Waals surface area contributed by atoms with Crippen molar-refractivity contribution in [1.29, 1.82) is 0 Å². The van der Waals surface area contributed by atoms with E-state index >= 15 is 0 Å². The molecule has 0 spiro atoms. The van der Waals surface area contributed by atoms with E-state index in [4.69, 9.17) is 0 Å². The van der Waals surface area contributed by atoms with E-state index in [1.807, 2.05) is 32.9 Å². The molecule has 0 unspecified atom stereocenters. The lowest BCUT2D eigenvalue weighted by atomic mass is 9.87. The van der Waals surface area contributed by atoms with E-state index in [0.29, 0.717) is 5.56 Å². The summed E-state index contributed by atoms with van der Waals surface area (Å²) in [4.78, 5) is 39.5.